The minimum atomic E-state index is -4.92. The largest absolute Gasteiger partial charge is 0.423 e. The molecule has 4 rings (SSSR count). The molecule has 1 saturated heterocycles. The first-order valence-corrected chi connectivity index (χ1v) is 10.5. The van der Waals surface area contributed by atoms with Gasteiger partial charge in [-0.1, -0.05) is 6.08 Å². The second-order valence-corrected chi connectivity index (χ2v) is 7.93. The van der Waals surface area contributed by atoms with Crippen LogP contribution in [0.1, 0.15) is 30.0 Å². The van der Waals surface area contributed by atoms with Crippen molar-refractivity contribution in [3.05, 3.63) is 77.3 Å². The summed E-state index contributed by atoms with van der Waals surface area (Å²) < 4.78 is 50.1. The average Bonchev–Trinajstić information content (AvgIpc) is 3.42. The summed E-state index contributed by atoms with van der Waals surface area (Å²) in [4.78, 5) is 49.0. The molecule has 2 aliphatic rings. The monoisotopic (exact) mass is 520 g/mol. The van der Waals surface area contributed by atoms with Crippen LogP contribution in [0.4, 0.5) is 13.2 Å². The van der Waals surface area contributed by atoms with E-state index in [1.807, 2.05) is 0 Å². The molecular weight excluding hydrogens is 497 g/mol. The van der Waals surface area contributed by atoms with Gasteiger partial charge in [-0.15, -0.1) is 0 Å². The maximum Gasteiger partial charge on any atom is 0.423 e. The quantitative estimate of drug-likeness (QED) is 0.299. The molecule has 0 aliphatic carbocycles. The van der Waals surface area contributed by atoms with E-state index in [1.165, 1.54) is 10.8 Å². The number of aromatic amines is 2. The van der Waals surface area contributed by atoms with Gasteiger partial charge in [0.1, 0.15) is 24.0 Å². The summed E-state index contributed by atoms with van der Waals surface area (Å²) in [6.07, 6.45) is -4.22. The topological polar surface area (TPSA) is 189 Å². The highest BCUT2D eigenvalue weighted by molar-refractivity contribution is 5.09. The van der Waals surface area contributed by atoms with Gasteiger partial charge < -0.3 is 24.8 Å². The summed E-state index contributed by atoms with van der Waals surface area (Å²) >= 11 is 0. The Balaban J connectivity index is 0.000000205. The summed E-state index contributed by atoms with van der Waals surface area (Å²) in [5, 5.41) is 27.3. The highest BCUT2D eigenvalue weighted by atomic mass is 19.4. The number of aliphatic hydroxyl groups is 3. The van der Waals surface area contributed by atoms with Crippen molar-refractivity contribution in [2.75, 3.05) is 13.2 Å². The number of halogens is 3. The number of hydrogen-bond acceptors (Lipinski definition) is 9. The number of H-pyrrole nitrogens is 2. The van der Waals surface area contributed by atoms with Gasteiger partial charge in [0.2, 0.25) is 0 Å². The first kappa shape index (κ1) is 27.3. The number of rotatable bonds is 4. The molecule has 4 heterocycles. The van der Waals surface area contributed by atoms with Crippen LogP contribution in [0.25, 0.3) is 0 Å². The second-order valence-electron chi connectivity index (χ2n) is 7.93. The van der Waals surface area contributed by atoms with Crippen LogP contribution in [0.15, 0.2) is 43.7 Å². The lowest BCUT2D eigenvalue weighted by Crippen LogP contribution is -2.36. The molecule has 0 spiro atoms. The molecule has 0 amide bonds. The first-order chi connectivity index (χ1) is 16.8. The Labute approximate surface area is 198 Å². The predicted octanol–water partition coefficient (Wildman–Crippen LogP) is -1.51. The van der Waals surface area contributed by atoms with E-state index < -0.39 is 71.6 Å². The van der Waals surface area contributed by atoms with Crippen LogP contribution < -0.4 is 22.5 Å². The van der Waals surface area contributed by atoms with E-state index in [2.05, 4.69) is 4.98 Å². The molecular formula is C20H23F3N4O9. The van der Waals surface area contributed by atoms with Crippen molar-refractivity contribution in [3.63, 3.8) is 0 Å². The van der Waals surface area contributed by atoms with Crippen LogP contribution in [0.5, 0.6) is 0 Å². The van der Waals surface area contributed by atoms with E-state index in [-0.39, 0.29) is 13.0 Å². The van der Waals surface area contributed by atoms with E-state index in [4.69, 9.17) is 19.7 Å². The highest BCUT2D eigenvalue weighted by Gasteiger charge is 2.38. The molecule has 5 atom stereocenters. The van der Waals surface area contributed by atoms with Crippen molar-refractivity contribution in [2.24, 2.45) is 0 Å². The summed E-state index contributed by atoms with van der Waals surface area (Å²) in [6.45, 7) is 0.933. The van der Waals surface area contributed by atoms with Crippen LogP contribution in [0.2, 0.25) is 0 Å². The van der Waals surface area contributed by atoms with Crippen LogP contribution in [0, 0.1) is 6.92 Å². The minimum absolute atomic E-state index is 0.135. The zero-order valence-corrected chi connectivity index (χ0v) is 18.6. The summed E-state index contributed by atoms with van der Waals surface area (Å²) in [7, 11) is 0. The maximum atomic E-state index is 12.6. The maximum absolute atomic E-state index is 12.6. The zero-order chi connectivity index (χ0) is 26.8. The number of nitrogens with zero attached hydrogens (tertiary/aromatic N) is 2. The zero-order valence-electron chi connectivity index (χ0n) is 18.6. The standard InChI is InChI=1S/C10H11F3N2O5.C10H12N2O4/c11-10(12,13)4-2-15(9(19)14-8(4)18)7-1-5(17)6(3-16)20-7;1-6-4-12(10(15)11-9(6)14)8-3-2-7(5-13)16-8/h2,5-7,16-17H,1,3H2,(H,14,18,19);2-4,7-8,13H,5H2,1H3,(H,11,14,15)/t5-,6+,7+;7-,8+/m00/s1. The van der Waals surface area contributed by atoms with Crippen LogP contribution in [0.3, 0.4) is 0 Å². The lowest BCUT2D eigenvalue weighted by atomic mass is 10.2. The molecule has 36 heavy (non-hydrogen) atoms. The lowest BCUT2D eigenvalue weighted by Gasteiger charge is -2.16. The Morgan fingerprint density at radius 2 is 1.61 bits per heavy atom. The van der Waals surface area contributed by atoms with E-state index >= 15 is 0 Å². The van der Waals surface area contributed by atoms with Gasteiger partial charge in [-0.2, -0.15) is 13.2 Å². The number of aromatic nitrogens is 4. The summed E-state index contributed by atoms with van der Waals surface area (Å²) in [5.74, 6) is 0. The predicted molar refractivity (Wildman–Crippen MR) is 114 cm³/mol. The Bertz CT molecular complexity index is 1340. The molecule has 13 nitrogen and oxygen atoms in total. The molecule has 198 valence electrons. The van der Waals surface area contributed by atoms with Gasteiger partial charge in [-0.3, -0.25) is 28.7 Å². The molecule has 2 aromatic heterocycles. The van der Waals surface area contributed by atoms with E-state index in [0.717, 1.165) is 0 Å². The minimum Gasteiger partial charge on any atom is -0.394 e. The highest BCUT2D eigenvalue weighted by Crippen LogP contribution is 2.30. The van der Waals surface area contributed by atoms with Crippen LogP contribution in [-0.4, -0.2) is 65.9 Å². The Morgan fingerprint density at radius 3 is 2.17 bits per heavy atom. The first-order valence-electron chi connectivity index (χ1n) is 10.5. The molecule has 0 saturated carbocycles. The Morgan fingerprint density at radius 1 is 0.972 bits per heavy atom. The van der Waals surface area contributed by atoms with Gasteiger partial charge in [0.15, 0.2) is 6.23 Å². The van der Waals surface area contributed by atoms with Crippen LogP contribution in [-0.2, 0) is 15.7 Å². The van der Waals surface area contributed by atoms with Gasteiger partial charge in [0.25, 0.3) is 11.1 Å². The van der Waals surface area contributed by atoms with Crippen molar-refractivity contribution in [1.29, 1.82) is 0 Å². The fraction of sp³-hybridized carbons (Fsp3) is 0.500. The van der Waals surface area contributed by atoms with Crippen molar-refractivity contribution in [1.82, 2.24) is 19.1 Å². The smallest absolute Gasteiger partial charge is 0.394 e. The molecule has 2 aromatic rings. The molecule has 0 unspecified atom stereocenters. The SMILES string of the molecule is Cc1cn([C@H]2C=C[C@@H](CO)O2)c(=O)[nH]c1=O.O=c1[nH]c(=O)n([C@H]2C[C@H](O)[C@@H](CO)O2)cc1C(F)(F)F. The van der Waals surface area contributed by atoms with E-state index in [0.29, 0.717) is 16.3 Å². The van der Waals surface area contributed by atoms with Gasteiger partial charge in [-0.05, 0) is 13.0 Å². The van der Waals surface area contributed by atoms with Crippen LogP contribution >= 0.6 is 0 Å². The number of hydrogen-bond donors (Lipinski definition) is 5. The van der Waals surface area contributed by atoms with Gasteiger partial charge in [-0.25, -0.2) is 9.59 Å². The van der Waals surface area contributed by atoms with E-state index in [1.54, 1.807) is 24.1 Å². The second kappa shape index (κ2) is 10.8. The number of alkyl halides is 3. The van der Waals surface area contributed by atoms with Crippen molar-refractivity contribution in [2.45, 2.75) is 50.3 Å². The normalized spacial score (nSPS) is 25.6. The van der Waals surface area contributed by atoms with Crippen molar-refractivity contribution in [3.8, 4) is 0 Å². The third-order valence-corrected chi connectivity index (χ3v) is 5.37. The average molecular weight is 520 g/mol. The summed E-state index contributed by atoms with van der Waals surface area (Å²) in [5.41, 5.74) is -4.66. The van der Waals surface area contributed by atoms with E-state index in [9.17, 15) is 37.5 Å². The fourth-order valence-electron chi connectivity index (χ4n) is 3.48. The lowest BCUT2D eigenvalue weighted by molar-refractivity contribution is -0.139. The van der Waals surface area contributed by atoms with Gasteiger partial charge >= 0.3 is 17.6 Å². The fourth-order valence-corrected chi connectivity index (χ4v) is 3.48. The van der Waals surface area contributed by atoms with Crippen molar-refractivity contribution >= 4 is 0 Å². The summed E-state index contributed by atoms with van der Waals surface area (Å²) in [6, 6.07) is 0. The van der Waals surface area contributed by atoms with Gasteiger partial charge in [0.05, 0.1) is 19.3 Å². The molecule has 5 N–H and O–H groups in total. The molecule has 0 bridgehead atoms. The molecule has 2 aliphatic heterocycles. The molecule has 16 heteroatoms. The number of aliphatic hydroxyl groups excluding tert-OH is 3. The molecule has 1 fully saturated rings. The molecule has 0 radical (unpaired) electrons. The van der Waals surface area contributed by atoms with Gasteiger partial charge in [0, 0.05) is 24.4 Å². The Hall–Kier alpha value is -3.31. The number of nitrogens with one attached hydrogen (secondary N) is 2. The van der Waals surface area contributed by atoms with Crippen molar-refractivity contribution < 1.29 is 38.0 Å². The Kier molecular flexibility index (Phi) is 8.15. The third-order valence-electron chi connectivity index (χ3n) is 5.37. The number of aryl methyl sites for hydroxylation is 1. The third kappa shape index (κ3) is 5.90. The molecule has 0 aromatic carbocycles. The number of ether oxygens (including phenoxy) is 2.